The molecule has 0 saturated carbocycles. The molecule has 2 nitrogen and oxygen atoms in total. The molecule has 2 aromatic carbocycles. The van der Waals surface area contributed by atoms with Crippen LogP contribution in [0.5, 0.6) is 11.5 Å². The van der Waals surface area contributed by atoms with E-state index in [2.05, 4.69) is 19.2 Å². The lowest BCUT2D eigenvalue weighted by molar-refractivity contribution is 0.460. The Balaban J connectivity index is 2.23. The van der Waals surface area contributed by atoms with Crippen molar-refractivity contribution < 1.29 is 9.13 Å². The number of halogens is 2. The normalized spacial score (nSPS) is 12.2. The molecule has 21 heavy (non-hydrogen) atoms. The van der Waals surface area contributed by atoms with Gasteiger partial charge in [0.25, 0.3) is 0 Å². The van der Waals surface area contributed by atoms with Crippen molar-refractivity contribution in [1.29, 1.82) is 0 Å². The van der Waals surface area contributed by atoms with Crippen molar-refractivity contribution >= 4 is 11.6 Å². The third kappa shape index (κ3) is 4.19. The van der Waals surface area contributed by atoms with Gasteiger partial charge in [0.2, 0.25) is 0 Å². The number of nitrogens with one attached hydrogen (secondary N) is 1. The molecule has 0 radical (unpaired) electrons. The van der Waals surface area contributed by atoms with Gasteiger partial charge >= 0.3 is 0 Å². The lowest BCUT2D eigenvalue weighted by atomic mass is 10.1. The second-order valence-corrected chi connectivity index (χ2v) is 5.30. The van der Waals surface area contributed by atoms with E-state index >= 15 is 0 Å². The average molecular weight is 308 g/mol. The van der Waals surface area contributed by atoms with E-state index in [1.54, 1.807) is 6.07 Å². The van der Waals surface area contributed by atoms with Gasteiger partial charge in [0, 0.05) is 11.6 Å². The van der Waals surface area contributed by atoms with Gasteiger partial charge in [0.05, 0.1) is 5.02 Å². The third-order valence-corrected chi connectivity index (χ3v) is 3.50. The van der Waals surface area contributed by atoms with Crippen LogP contribution in [0.15, 0.2) is 42.5 Å². The van der Waals surface area contributed by atoms with E-state index < -0.39 is 0 Å². The zero-order chi connectivity index (χ0) is 15.2. The Morgan fingerprint density at radius 3 is 2.67 bits per heavy atom. The molecular weight excluding hydrogens is 289 g/mol. The molecule has 0 aliphatic rings. The standard InChI is InChI=1S/C17H19ClFNO/c1-3-10-20-12(2)14-6-4-5-7-16(14)21-17-9-8-13(19)11-15(17)18/h4-9,11-12,20H,3,10H2,1-2H3. The fourth-order valence-electron chi connectivity index (χ4n) is 2.08. The maximum atomic E-state index is 13.1. The van der Waals surface area contributed by atoms with Crippen LogP contribution in [0.4, 0.5) is 4.39 Å². The van der Waals surface area contributed by atoms with E-state index in [0.29, 0.717) is 5.75 Å². The van der Waals surface area contributed by atoms with Crippen LogP contribution in [0.1, 0.15) is 31.9 Å². The summed E-state index contributed by atoms with van der Waals surface area (Å²) in [7, 11) is 0. The molecule has 1 N–H and O–H groups in total. The zero-order valence-electron chi connectivity index (χ0n) is 12.2. The first-order valence-electron chi connectivity index (χ1n) is 7.07. The van der Waals surface area contributed by atoms with E-state index in [-0.39, 0.29) is 16.9 Å². The van der Waals surface area contributed by atoms with E-state index in [0.717, 1.165) is 24.3 Å². The van der Waals surface area contributed by atoms with Gasteiger partial charge in [-0.25, -0.2) is 4.39 Å². The number of benzene rings is 2. The first kappa shape index (κ1) is 15.8. The van der Waals surface area contributed by atoms with Crippen molar-refractivity contribution in [3.05, 3.63) is 58.9 Å². The maximum absolute atomic E-state index is 13.1. The van der Waals surface area contributed by atoms with Gasteiger partial charge in [-0.2, -0.15) is 0 Å². The largest absolute Gasteiger partial charge is 0.455 e. The molecule has 0 aliphatic carbocycles. The number of para-hydroxylation sites is 1. The topological polar surface area (TPSA) is 21.3 Å². The van der Waals surface area contributed by atoms with Crippen LogP contribution in [0, 0.1) is 5.82 Å². The molecule has 0 fully saturated rings. The molecule has 4 heteroatoms. The second-order valence-electron chi connectivity index (χ2n) is 4.89. The summed E-state index contributed by atoms with van der Waals surface area (Å²) in [5.74, 6) is 0.800. The molecule has 0 heterocycles. The summed E-state index contributed by atoms with van der Waals surface area (Å²) >= 11 is 6.01. The molecule has 112 valence electrons. The first-order valence-corrected chi connectivity index (χ1v) is 7.44. The van der Waals surface area contributed by atoms with Gasteiger partial charge in [0.15, 0.2) is 0 Å². The monoisotopic (exact) mass is 307 g/mol. The van der Waals surface area contributed by atoms with Crippen LogP contribution in [-0.2, 0) is 0 Å². The molecular formula is C17H19ClFNO. The van der Waals surface area contributed by atoms with Crippen LogP contribution in [0.3, 0.4) is 0 Å². The summed E-state index contributed by atoms with van der Waals surface area (Å²) in [5.41, 5.74) is 1.05. The predicted molar refractivity (Wildman–Crippen MR) is 84.6 cm³/mol. The molecule has 2 aromatic rings. The zero-order valence-corrected chi connectivity index (χ0v) is 13.0. The van der Waals surface area contributed by atoms with Gasteiger partial charge in [-0.3, -0.25) is 0 Å². The molecule has 0 saturated heterocycles. The first-order chi connectivity index (χ1) is 10.1. The van der Waals surface area contributed by atoms with Gasteiger partial charge < -0.3 is 10.1 Å². The Morgan fingerprint density at radius 1 is 1.19 bits per heavy atom. The van der Waals surface area contributed by atoms with E-state index in [1.807, 2.05) is 24.3 Å². The molecule has 2 rings (SSSR count). The van der Waals surface area contributed by atoms with Crippen molar-refractivity contribution in [3.63, 3.8) is 0 Å². The second kappa shape index (κ2) is 7.43. The Morgan fingerprint density at radius 2 is 1.95 bits per heavy atom. The Labute approximate surface area is 129 Å². The van der Waals surface area contributed by atoms with Crippen LogP contribution in [-0.4, -0.2) is 6.54 Å². The van der Waals surface area contributed by atoms with Crippen LogP contribution < -0.4 is 10.1 Å². The molecule has 0 bridgehead atoms. The van der Waals surface area contributed by atoms with Crippen molar-refractivity contribution in [1.82, 2.24) is 5.32 Å². The lowest BCUT2D eigenvalue weighted by Crippen LogP contribution is -2.19. The fourth-order valence-corrected chi connectivity index (χ4v) is 2.28. The van der Waals surface area contributed by atoms with Crippen LogP contribution in [0.25, 0.3) is 0 Å². The summed E-state index contributed by atoms with van der Waals surface area (Å²) in [6, 6.07) is 12.1. The van der Waals surface area contributed by atoms with Crippen molar-refractivity contribution in [2.24, 2.45) is 0 Å². The highest BCUT2D eigenvalue weighted by molar-refractivity contribution is 6.32. The molecule has 0 aliphatic heterocycles. The van der Waals surface area contributed by atoms with Crippen molar-refractivity contribution in [2.45, 2.75) is 26.3 Å². The van der Waals surface area contributed by atoms with Crippen molar-refractivity contribution in [2.75, 3.05) is 6.54 Å². The molecule has 0 amide bonds. The quantitative estimate of drug-likeness (QED) is 0.778. The third-order valence-electron chi connectivity index (χ3n) is 3.20. The summed E-state index contributed by atoms with van der Waals surface area (Å²) < 4.78 is 18.9. The SMILES string of the molecule is CCCNC(C)c1ccccc1Oc1ccc(F)cc1Cl. The van der Waals surface area contributed by atoms with Gasteiger partial charge in [0.1, 0.15) is 17.3 Å². The molecule has 0 aromatic heterocycles. The Kier molecular flexibility index (Phi) is 5.59. The van der Waals surface area contributed by atoms with Crippen LogP contribution >= 0.6 is 11.6 Å². The molecule has 1 atom stereocenters. The van der Waals surface area contributed by atoms with E-state index in [9.17, 15) is 4.39 Å². The molecule has 1 unspecified atom stereocenters. The minimum Gasteiger partial charge on any atom is -0.455 e. The number of hydrogen-bond donors (Lipinski definition) is 1. The summed E-state index contributed by atoms with van der Waals surface area (Å²) in [5, 5.41) is 3.69. The number of ether oxygens (including phenoxy) is 1. The number of rotatable bonds is 6. The average Bonchev–Trinajstić information content (AvgIpc) is 2.48. The minimum atomic E-state index is -0.376. The van der Waals surface area contributed by atoms with Crippen molar-refractivity contribution in [3.8, 4) is 11.5 Å². The smallest absolute Gasteiger partial charge is 0.146 e. The summed E-state index contributed by atoms with van der Waals surface area (Å²) in [4.78, 5) is 0. The van der Waals surface area contributed by atoms with Gasteiger partial charge in [-0.15, -0.1) is 0 Å². The highest BCUT2D eigenvalue weighted by Crippen LogP contribution is 2.33. The fraction of sp³-hybridized carbons (Fsp3) is 0.294. The highest BCUT2D eigenvalue weighted by atomic mass is 35.5. The van der Waals surface area contributed by atoms with Gasteiger partial charge in [-0.1, -0.05) is 36.7 Å². The minimum absolute atomic E-state index is 0.167. The molecule has 0 spiro atoms. The van der Waals surface area contributed by atoms with Crippen LogP contribution in [0.2, 0.25) is 5.02 Å². The summed E-state index contributed by atoms with van der Waals surface area (Å²) in [6.07, 6.45) is 1.07. The van der Waals surface area contributed by atoms with E-state index in [4.69, 9.17) is 16.3 Å². The lowest BCUT2D eigenvalue weighted by Gasteiger charge is -2.18. The Hall–Kier alpha value is -1.58. The van der Waals surface area contributed by atoms with E-state index in [1.165, 1.54) is 12.1 Å². The highest BCUT2D eigenvalue weighted by Gasteiger charge is 2.12. The Bertz CT molecular complexity index is 603. The predicted octanol–water partition coefficient (Wildman–Crippen LogP) is 5.33. The summed E-state index contributed by atoms with van der Waals surface area (Å²) in [6.45, 7) is 5.15. The number of hydrogen-bond acceptors (Lipinski definition) is 2. The van der Waals surface area contributed by atoms with Gasteiger partial charge in [-0.05, 0) is 44.2 Å². The maximum Gasteiger partial charge on any atom is 0.146 e.